The van der Waals surface area contributed by atoms with Crippen LogP contribution in [0.15, 0.2) is 30.3 Å². The number of hydrogen-bond acceptors (Lipinski definition) is 3. The summed E-state index contributed by atoms with van der Waals surface area (Å²) in [5, 5.41) is 21.0. The molecule has 0 saturated heterocycles. The Hall–Kier alpha value is -0.316. The molecule has 4 heteroatoms. The summed E-state index contributed by atoms with van der Waals surface area (Å²) < 4.78 is 0. The van der Waals surface area contributed by atoms with Crippen molar-refractivity contribution in [3.8, 4) is 0 Å². The normalized spacial score (nSPS) is 5.57. The molecule has 0 heterocycles. The number of aliphatic hydroxyl groups is 3. The van der Waals surface area contributed by atoms with E-state index in [-0.39, 0.29) is 21.7 Å². The van der Waals surface area contributed by atoms with Crippen LogP contribution in [-0.2, 0) is 21.7 Å². The van der Waals surface area contributed by atoms with E-state index in [4.69, 9.17) is 15.3 Å². The average Bonchev–Trinajstić information content (AvgIpc) is 2.28. The summed E-state index contributed by atoms with van der Waals surface area (Å²) in [4.78, 5) is 0. The van der Waals surface area contributed by atoms with E-state index in [1.807, 2.05) is 30.3 Å². The summed E-state index contributed by atoms with van der Waals surface area (Å²) in [6.45, 7) is 3.72. The van der Waals surface area contributed by atoms with E-state index in [1.165, 1.54) is 0 Å². The second-order valence-corrected chi connectivity index (χ2v) is 1.49. The molecule has 0 atom stereocenters. The smallest absolute Gasteiger partial charge is 0.0319 e. The van der Waals surface area contributed by atoms with Gasteiger partial charge in [0.25, 0.3) is 0 Å². The molecule has 0 aliphatic rings. The molecule has 3 N–H and O–H groups in total. The molecule has 0 aliphatic heterocycles. The third-order valence-corrected chi connectivity index (χ3v) is 0.843. The van der Waals surface area contributed by atoms with Gasteiger partial charge in [-0.1, -0.05) is 6.07 Å². The number of hydrogen-bond donors (Lipinski definition) is 3. The maximum atomic E-state index is 7.00. The number of rotatable bonds is 0. The third kappa shape index (κ3) is 22.6. The van der Waals surface area contributed by atoms with Crippen molar-refractivity contribution in [2.24, 2.45) is 0 Å². The molecule has 0 fully saturated rings. The topological polar surface area (TPSA) is 60.7 Å². The van der Waals surface area contributed by atoms with Crippen molar-refractivity contribution < 1.29 is 37.0 Å². The molecule has 0 saturated carbocycles. The van der Waals surface area contributed by atoms with Crippen LogP contribution in [0.3, 0.4) is 0 Å². The molecule has 1 aromatic rings. The van der Waals surface area contributed by atoms with E-state index < -0.39 is 0 Å². The van der Waals surface area contributed by atoms with Crippen LogP contribution in [0.25, 0.3) is 0 Å². The molecule has 1 rings (SSSR count). The van der Waals surface area contributed by atoms with E-state index in [2.05, 4.69) is 6.92 Å². The van der Waals surface area contributed by atoms with Gasteiger partial charge >= 0.3 is 0 Å². The summed E-state index contributed by atoms with van der Waals surface area (Å²) in [5.41, 5.74) is 1.07. The van der Waals surface area contributed by atoms with E-state index in [1.54, 1.807) is 0 Å². The first-order chi connectivity index (χ1) is 6.39. The van der Waals surface area contributed by atoms with Gasteiger partial charge in [-0.15, -0.1) is 12.1 Å². The average molecular weight is 235 g/mol. The van der Waals surface area contributed by atoms with Crippen LogP contribution in [0.4, 0.5) is 0 Å². The van der Waals surface area contributed by atoms with Gasteiger partial charge in [-0.3, -0.25) is 0 Å². The van der Waals surface area contributed by atoms with Crippen LogP contribution in [0.1, 0.15) is 5.56 Å². The third-order valence-electron chi connectivity index (χ3n) is 0.843. The monoisotopic (exact) mass is 235 g/mol. The summed E-state index contributed by atoms with van der Waals surface area (Å²) in [5.74, 6) is 0. The molecule has 0 aliphatic carbocycles. The van der Waals surface area contributed by atoms with Crippen LogP contribution in [0, 0.1) is 6.92 Å². The number of aliphatic hydroxyl groups excluding tert-OH is 3. The van der Waals surface area contributed by atoms with Crippen molar-refractivity contribution in [2.45, 2.75) is 0 Å². The maximum absolute atomic E-state index is 7.00. The van der Waals surface area contributed by atoms with Crippen LogP contribution in [0.2, 0.25) is 0 Å². The second-order valence-electron chi connectivity index (χ2n) is 1.49. The zero-order valence-corrected chi connectivity index (χ0v) is 10.5. The first-order valence-corrected chi connectivity index (χ1v) is 3.61. The molecule has 14 heavy (non-hydrogen) atoms. The molecule has 0 aromatic heterocycles. The summed E-state index contributed by atoms with van der Waals surface area (Å²) in [7, 11) is 3.00. The van der Waals surface area contributed by atoms with Crippen LogP contribution in [-0.4, -0.2) is 36.6 Å². The van der Waals surface area contributed by atoms with Gasteiger partial charge in [0.1, 0.15) is 0 Å². The van der Waals surface area contributed by atoms with Crippen LogP contribution >= 0.6 is 0 Å². The van der Waals surface area contributed by atoms with Gasteiger partial charge < -0.3 is 15.3 Å². The zero-order chi connectivity index (χ0) is 11.1. The van der Waals surface area contributed by atoms with Gasteiger partial charge in [-0.2, -0.15) is 24.6 Å². The van der Waals surface area contributed by atoms with E-state index in [0.717, 1.165) is 26.9 Å². The summed E-state index contributed by atoms with van der Waals surface area (Å²) in [6, 6.07) is 9.87. The van der Waals surface area contributed by atoms with E-state index in [9.17, 15) is 0 Å². The molecule has 0 spiro atoms. The Morgan fingerprint density at radius 3 is 1.21 bits per heavy atom. The van der Waals surface area contributed by atoms with Crippen molar-refractivity contribution in [2.75, 3.05) is 21.3 Å². The van der Waals surface area contributed by atoms with Crippen LogP contribution in [0.5, 0.6) is 0 Å². The molecule has 1 aromatic carbocycles. The minimum Gasteiger partial charge on any atom is -0.400 e. The molecule has 0 unspecified atom stereocenters. The molecule has 82 valence electrons. The van der Waals surface area contributed by atoms with Crippen LogP contribution < -0.4 is 0 Å². The molecule has 0 radical (unpaired) electrons. The van der Waals surface area contributed by atoms with E-state index in [0.29, 0.717) is 0 Å². The minimum atomic E-state index is 0. The molecule has 0 bridgehead atoms. The standard InChI is InChI=1S/C7H7.3CH4O.Ti/c1-7-5-3-2-4-6-7;3*1-2;/h2-6H,1H2;3*2H,1H3;/q-1;;;;. The fourth-order valence-electron chi connectivity index (χ4n) is 0.478. The van der Waals surface area contributed by atoms with Crippen molar-refractivity contribution in [1.82, 2.24) is 0 Å². The quantitative estimate of drug-likeness (QED) is 0.458. The Bertz CT molecular complexity index is 145. The Balaban J connectivity index is -0.0000000625. The largest absolute Gasteiger partial charge is 0.400 e. The molecular formula is C10H19O3Ti-. The summed E-state index contributed by atoms with van der Waals surface area (Å²) >= 11 is 0. The fourth-order valence-corrected chi connectivity index (χ4v) is 0.478. The van der Waals surface area contributed by atoms with Crippen molar-refractivity contribution in [3.63, 3.8) is 0 Å². The molecular weight excluding hydrogens is 216 g/mol. The first-order valence-electron chi connectivity index (χ1n) is 3.61. The molecule has 3 nitrogen and oxygen atoms in total. The van der Waals surface area contributed by atoms with E-state index >= 15 is 0 Å². The van der Waals surface area contributed by atoms with Gasteiger partial charge in [0, 0.05) is 43.0 Å². The Morgan fingerprint density at radius 2 is 1.07 bits per heavy atom. The van der Waals surface area contributed by atoms with Gasteiger partial charge in [-0.25, -0.2) is 0 Å². The Labute approximate surface area is 101 Å². The number of benzene rings is 1. The predicted octanol–water partition coefficient (Wildman–Crippen LogP) is 0.692. The Kier molecular flexibility index (Phi) is 49.2. The SMILES string of the molecule is CO.CO.CO.[CH2-]c1ccccc1.[Ti]. The summed E-state index contributed by atoms with van der Waals surface area (Å²) in [6.07, 6.45) is 0. The fraction of sp³-hybridized carbons (Fsp3) is 0.300. The zero-order valence-electron chi connectivity index (χ0n) is 8.94. The Morgan fingerprint density at radius 1 is 0.786 bits per heavy atom. The molecule has 0 amide bonds. The minimum absolute atomic E-state index is 0. The van der Waals surface area contributed by atoms with Gasteiger partial charge in [0.05, 0.1) is 0 Å². The van der Waals surface area contributed by atoms with Crippen molar-refractivity contribution in [1.29, 1.82) is 0 Å². The first kappa shape index (κ1) is 23.5. The van der Waals surface area contributed by atoms with Gasteiger partial charge in [-0.05, 0) is 0 Å². The van der Waals surface area contributed by atoms with Gasteiger partial charge in [0.2, 0.25) is 0 Å². The predicted molar refractivity (Wildman–Crippen MR) is 55.3 cm³/mol. The van der Waals surface area contributed by atoms with Gasteiger partial charge in [0.15, 0.2) is 0 Å². The maximum Gasteiger partial charge on any atom is 0.0319 e. The second kappa shape index (κ2) is 29.3. The van der Waals surface area contributed by atoms with Crippen molar-refractivity contribution >= 4 is 0 Å². The van der Waals surface area contributed by atoms with Crippen molar-refractivity contribution in [3.05, 3.63) is 42.8 Å².